The number of anilines is 1. The minimum absolute atomic E-state index is 0.00605. The molecule has 2 fully saturated rings. The number of nitrogens with zero attached hydrogens (tertiary/aromatic N) is 2. The van der Waals surface area contributed by atoms with Gasteiger partial charge in [0.1, 0.15) is 0 Å². The van der Waals surface area contributed by atoms with E-state index in [1.54, 1.807) is 4.90 Å². The fourth-order valence-corrected chi connectivity index (χ4v) is 4.74. The van der Waals surface area contributed by atoms with Crippen molar-refractivity contribution in [2.75, 3.05) is 31.1 Å². The third-order valence-electron chi connectivity index (χ3n) is 6.57. The van der Waals surface area contributed by atoms with Gasteiger partial charge in [0.15, 0.2) is 0 Å². The van der Waals surface area contributed by atoms with E-state index in [1.807, 2.05) is 47.4 Å². The number of hydrogen-bond acceptors (Lipinski definition) is 3. The molecule has 1 N–H and O–H groups in total. The third kappa shape index (κ3) is 4.41. The number of hydrogen-bond donors (Lipinski definition) is 1. The van der Waals surface area contributed by atoms with Gasteiger partial charge in [-0.25, -0.2) is 0 Å². The Morgan fingerprint density at radius 1 is 1.00 bits per heavy atom. The maximum Gasteiger partial charge on any atom is 0.253 e. The van der Waals surface area contributed by atoms with E-state index >= 15 is 0 Å². The van der Waals surface area contributed by atoms with Gasteiger partial charge in [0.05, 0.1) is 6.61 Å². The zero-order chi connectivity index (χ0) is 21.0. The summed E-state index contributed by atoms with van der Waals surface area (Å²) in [6, 6.07) is 17.7. The standard InChI is InChI=1S/C25H30N2O3/c28-19-25(15-13-20-6-2-1-3-7-20)14-5-16-26(18-25)24(30)21-9-11-22(12-10-21)27-17-4-8-23(27)29/h1-3,6-7,9-12,28H,4-5,8,13-19H2. The molecule has 4 rings (SSSR count). The Bertz CT molecular complexity index is 881. The molecule has 0 aliphatic carbocycles. The maximum atomic E-state index is 13.1. The molecule has 1 unspecified atom stereocenters. The summed E-state index contributed by atoms with van der Waals surface area (Å²) < 4.78 is 0. The highest BCUT2D eigenvalue weighted by molar-refractivity contribution is 5.97. The van der Waals surface area contributed by atoms with Gasteiger partial charge in [0.25, 0.3) is 5.91 Å². The average molecular weight is 407 g/mol. The molecule has 0 radical (unpaired) electrons. The number of amides is 2. The lowest BCUT2D eigenvalue weighted by molar-refractivity contribution is -0.117. The zero-order valence-corrected chi connectivity index (χ0v) is 17.4. The number of rotatable bonds is 6. The summed E-state index contributed by atoms with van der Waals surface area (Å²) in [5.41, 5.74) is 2.52. The van der Waals surface area contributed by atoms with E-state index in [0.29, 0.717) is 18.5 Å². The normalized spacial score (nSPS) is 21.8. The second-order valence-electron chi connectivity index (χ2n) is 8.67. The van der Waals surface area contributed by atoms with Crippen LogP contribution < -0.4 is 4.90 Å². The number of benzene rings is 2. The molecule has 0 bridgehead atoms. The fraction of sp³-hybridized carbons (Fsp3) is 0.440. The van der Waals surface area contributed by atoms with Crippen LogP contribution in [0.15, 0.2) is 54.6 Å². The van der Waals surface area contributed by atoms with Crippen molar-refractivity contribution in [1.82, 2.24) is 4.90 Å². The molecule has 2 aliphatic heterocycles. The van der Waals surface area contributed by atoms with Crippen LogP contribution >= 0.6 is 0 Å². The summed E-state index contributed by atoms with van der Waals surface area (Å²) in [5.74, 6) is 0.155. The number of likely N-dealkylation sites (tertiary alicyclic amines) is 1. The van der Waals surface area contributed by atoms with Crippen molar-refractivity contribution in [2.24, 2.45) is 5.41 Å². The van der Waals surface area contributed by atoms with Crippen LogP contribution in [0, 0.1) is 5.41 Å². The van der Waals surface area contributed by atoms with Gasteiger partial charge in [0, 0.05) is 42.7 Å². The second kappa shape index (κ2) is 9.00. The smallest absolute Gasteiger partial charge is 0.253 e. The van der Waals surface area contributed by atoms with E-state index in [0.717, 1.165) is 50.9 Å². The van der Waals surface area contributed by atoms with E-state index in [9.17, 15) is 14.7 Å². The van der Waals surface area contributed by atoms with Crippen LogP contribution in [0.4, 0.5) is 5.69 Å². The van der Waals surface area contributed by atoms with Crippen LogP contribution in [0.2, 0.25) is 0 Å². The first kappa shape index (κ1) is 20.6. The quantitative estimate of drug-likeness (QED) is 0.796. The summed E-state index contributed by atoms with van der Waals surface area (Å²) in [6.45, 7) is 2.15. The van der Waals surface area contributed by atoms with Crippen molar-refractivity contribution in [3.8, 4) is 0 Å². The highest BCUT2D eigenvalue weighted by atomic mass is 16.3. The lowest BCUT2D eigenvalue weighted by atomic mass is 9.76. The highest BCUT2D eigenvalue weighted by Gasteiger charge is 2.36. The van der Waals surface area contributed by atoms with E-state index < -0.39 is 0 Å². The van der Waals surface area contributed by atoms with Gasteiger partial charge in [0.2, 0.25) is 5.91 Å². The molecule has 2 heterocycles. The van der Waals surface area contributed by atoms with Crippen molar-refractivity contribution in [1.29, 1.82) is 0 Å². The van der Waals surface area contributed by atoms with Gasteiger partial charge in [-0.1, -0.05) is 30.3 Å². The topological polar surface area (TPSA) is 60.9 Å². The Kier molecular flexibility index (Phi) is 6.18. The lowest BCUT2D eigenvalue weighted by Crippen LogP contribution is -2.48. The predicted molar refractivity (Wildman–Crippen MR) is 117 cm³/mol. The molecular weight excluding hydrogens is 376 g/mol. The van der Waals surface area contributed by atoms with Crippen molar-refractivity contribution in [3.63, 3.8) is 0 Å². The summed E-state index contributed by atoms with van der Waals surface area (Å²) >= 11 is 0. The first-order valence-electron chi connectivity index (χ1n) is 10.9. The maximum absolute atomic E-state index is 13.1. The number of carbonyl (C=O) groups excluding carboxylic acids is 2. The SMILES string of the molecule is O=C(c1ccc(N2CCCC2=O)cc1)N1CCCC(CO)(CCc2ccccc2)C1. The van der Waals surface area contributed by atoms with Crippen LogP contribution in [0.25, 0.3) is 0 Å². The van der Waals surface area contributed by atoms with Crippen molar-refractivity contribution < 1.29 is 14.7 Å². The molecule has 2 amide bonds. The minimum Gasteiger partial charge on any atom is -0.396 e. The van der Waals surface area contributed by atoms with Crippen LogP contribution in [-0.4, -0.2) is 48.1 Å². The number of carbonyl (C=O) groups is 2. The Hall–Kier alpha value is -2.66. The Labute approximate surface area is 178 Å². The third-order valence-corrected chi connectivity index (χ3v) is 6.57. The average Bonchev–Trinajstić information content (AvgIpc) is 3.24. The Morgan fingerprint density at radius 2 is 1.77 bits per heavy atom. The van der Waals surface area contributed by atoms with Crippen molar-refractivity contribution in [2.45, 2.75) is 38.5 Å². The number of aryl methyl sites for hydroxylation is 1. The van der Waals surface area contributed by atoms with E-state index in [-0.39, 0.29) is 23.8 Å². The van der Waals surface area contributed by atoms with E-state index in [2.05, 4.69) is 12.1 Å². The molecular formula is C25H30N2O3. The van der Waals surface area contributed by atoms with Gasteiger partial charge in [-0.05, 0) is 61.9 Å². The van der Waals surface area contributed by atoms with Gasteiger partial charge in [-0.2, -0.15) is 0 Å². The lowest BCUT2D eigenvalue weighted by Gasteiger charge is -2.42. The monoisotopic (exact) mass is 406 g/mol. The molecule has 2 aromatic rings. The number of piperidine rings is 1. The van der Waals surface area contributed by atoms with Gasteiger partial charge in [-0.3, -0.25) is 9.59 Å². The first-order valence-corrected chi connectivity index (χ1v) is 10.9. The summed E-state index contributed by atoms with van der Waals surface area (Å²) in [4.78, 5) is 28.8. The van der Waals surface area contributed by atoms with E-state index in [1.165, 1.54) is 5.56 Å². The minimum atomic E-state index is -0.244. The molecule has 30 heavy (non-hydrogen) atoms. The molecule has 2 saturated heterocycles. The number of aliphatic hydroxyl groups is 1. The Morgan fingerprint density at radius 3 is 2.43 bits per heavy atom. The zero-order valence-electron chi connectivity index (χ0n) is 17.4. The van der Waals surface area contributed by atoms with Crippen LogP contribution in [0.5, 0.6) is 0 Å². The van der Waals surface area contributed by atoms with Crippen LogP contribution in [0.3, 0.4) is 0 Å². The van der Waals surface area contributed by atoms with Crippen LogP contribution in [0.1, 0.15) is 48.0 Å². The number of aliphatic hydroxyl groups excluding tert-OH is 1. The van der Waals surface area contributed by atoms with Gasteiger partial charge < -0.3 is 14.9 Å². The summed E-state index contributed by atoms with van der Waals surface area (Å²) in [7, 11) is 0. The summed E-state index contributed by atoms with van der Waals surface area (Å²) in [6.07, 6.45) is 5.10. The largest absolute Gasteiger partial charge is 0.396 e. The molecule has 2 aromatic carbocycles. The molecule has 0 saturated carbocycles. The van der Waals surface area contributed by atoms with Crippen molar-refractivity contribution >= 4 is 17.5 Å². The highest BCUT2D eigenvalue weighted by Crippen LogP contribution is 2.35. The fourth-order valence-electron chi connectivity index (χ4n) is 4.74. The van der Waals surface area contributed by atoms with Crippen molar-refractivity contribution in [3.05, 3.63) is 65.7 Å². The van der Waals surface area contributed by atoms with Gasteiger partial charge >= 0.3 is 0 Å². The summed E-state index contributed by atoms with van der Waals surface area (Å²) in [5, 5.41) is 10.2. The molecule has 0 aromatic heterocycles. The molecule has 1 atom stereocenters. The first-order chi connectivity index (χ1) is 14.6. The second-order valence-corrected chi connectivity index (χ2v) is 8.67. The van der Waals surface area contributed by atoms with Gasteiger partial charge in [-0.15, -0.1) is 0 Å². The molecule has 0 spiro atoms. The predicted octanol–water partition coefficient (Wildman–Crippen LogP) is 3.66. The molecule has 2 aliphatic rings. The molecule has 5 heteroatoms. The molecule has 5 nitrogen and oxygen atoms in total. The van der Waals surface area contributed by atoms with E-state index in [4.69, 9.17) is 0 Å². The Balaban J connectivity index is 1.42. The molecule has 158 valence electrons. The van der Waals surface area contributed by atoms with Crippen LogP contribution in [-0.2, 0) is 11.2 Å².